The Hall–Kier alpha value is -3.33. The van der Waals surface area contributed by atoms with Crippen LogP contribution in [0, 0.1) is 5.92 Å². The van der Waals surface area contributed by atoms with Crippen LogP contribution in [0.15, 0.2) is 115 Å². The highest BCUT2D eigenvalue weighted by Crippen LogP contribution is 2.29. The maximum absolute atomic E-state index is 12.6. The van der Waals surface area contributed by atoms with E-state index in [1.54, 1.807) is 0 Å². The quantitative estimate of drug-likeness (QED) is 0.703. The van der Waals surface area contributed by atoms with Crippen molar-refractivity contribution in [2.24, 2.45) is 5.92 Å². The molecule has 0 atom stereocenters. The fourth-order valence-electron chi connectivity index (χ4n) is 2.63. The van der Waals surface area contributed by atoms with Crippen LogP contribution in [0.3, 0.4) is 0 Å². The maximum atomic E-state index is 12.6. The Bertz CT molecular complexity index is 847. The first-order valence-electron chi connectivity index (χ1n) is 9.70. The van der Waals surface area contributed by atoms with E-state index in [0.29, 0.717) is 0 Å². The molecule has 2 aliphatic carbocycles. The standard InChI is InChI=1S/C25H26N2O/c28-25(22-20-21-22)26-27(24-18-14-10-6-3-7-11-15-19-24)23-16-12-8-4-1-2-5-9-13-17-23/h1-8,10-19,22H,9,20-21H2,(H,26,28)/b4-1-,5-2-,6-3?,7-3?,10-6?,11-7?,12-8-,14-10?,15-11?,17-13?,18-14?,19-15?,23-16+,24-18?,24-19?. The number of nitrogens with one attached hydrogen (secondary N) is 1. The molecule has 1 aromatic rings. The van der Waals surface area contributed by atoms with Gasteiger partial charge in [-0.3, -0.25) is 15.2 Å². The Labute approximate surface area is 167 Å². The van der Waals surface area contributed by atoms with Gasteiger partial charge in [0.15, 0.2) is 0 Å². The second kappa shape index (κ2) is 10.7. The highest BCUT2D eigenvalue weighted by atomic mass is 16.2. The van der Waals surface area contributed by atoms with Crippen molar-refractivity contribution in [3.8, 4) is 0 Å². The van der Waals surface area contributed by atoms with Gasteiger partial charge in [0.05, 0.1) is 11.4 Å². The van der Waals surface area contributed by atoms with Crippen molar-refractivity contribution in [1.82, 2.24) is 5.43 Å². The van der Waals surface area contributed by atoms with Crippen molar-refractivity contribution in [3.63, 3.8) is 0 Å². The molecule has 0 heterocycles. The Morgan fingerprint density at radius 3 is 2.18 bits per heavy atom. The zero-order valence-electron chi connectivity index (χ0n) is 15.9. The SMILES string of the molecule is O=C(NN(/C1=C/C=C\C=C/C=C\CC=C1)c1ccccccccc1)C1CC1. The van der Waals surface area contributed by atoms with Gasteiger partial charge in [-0.2, -0.15) is 0 Å². The third-order valence-electron chi connectivity index (χ3n) is 4.30. The molecule has 142 valence electrons. The summed E-state index contributed by atoms with van der Waals surface area (Å²) in [7, 11) is 0. The van der Waals surface area contributed by atoms with E-state index in [4.69, 9.17) is 0 Å². The van der Waals surface area contributed by atoms with Crippen molar-refractivity contribution in [2.75, 3.05) is 5.01 Å². The van der Waals surface area contributed by atoms with Gasteiger partial charge >= 0.3 is 0 Å². The van der Waals surface area contributed by atoms with Crippen LogP contribution in [0.5, 0.6) is 0 Å². The topological polar surface area (TPSA) is 32.3 Å². The van der Waals surface area contributed by atoms with Gasteiger partial charge in [-0.15, -0.1) is 0 Å². The van der Waals surface area contributed by atoms with E-state index in [1.165, 1.54) is 0 Å². The van der Waals surface area contributed by atoms with Crippen LogP contribution in [-0.4, -0.2) is 5.91 Å². The van der Waals surface area contributed by atoms with E-state index in [9.17, 15) is 4.79 Å². The Morgan fingerprint density at radius 1 is 0.821 bits per heavy atom. The number of nitrogens with zero attached hydrogens (tertiary/aromatic N) is 1. The molecule has 3 nitrogen and oxygen atoms in total. The second-order valence-electron chi connectivity index (χ2n) is 6.62. The largest absolute Gasteiger partial charge is 0.273 e. The third-order valence-corrected chi connectivity index (χ3v) is 4.30. The molecular formula is C25H26N2O. The smallest absolute Gasteiger partial charge is 0.241 e. The summed E-state index contributed by atoms with van der Waals surface area (Å²) in [6.07, 6.45) is 21.0. The van der Waals surface area contributed by atoms with Gasteiger partial charge in [0.2, 0.25) is 5.91 Å². The lowest BCUT2D eigenvalue weighted by molar-refractivity contribution is -0.122. The van der Waals surface area contributed by atoms with Gasteiger partial charge in [-0.1, -0.05) is 85.0 Å². The minimum atomic E-state index is 0.0678. The zero-order chi connectivity index (χ0) is 19.4. The molecule has 3 heteroatoms. The molecule has 0 radical (unpaired) electrons. The van der Waals surface area contributed by atoms with Crippen LogP contribution in [0.2, 0.25) is 0 Å². The first-order chi connectivity index (χ1) is 13.8. The molecule has 1 N–H and O–H groups in total. The maximum Gasteiger partial charge on any atom is 0.241 e. The minimum absolute atomic E-state index is 0.0678. The normalized spacial score (nSPS) is 21.1. The Morgan fingerprint density at radius 2 is 1.46 bits per heavy atom. The highest BCUT2D eigenvalue weighted by Gasteiger charge is 2.31. The van der Waals surface area contributed by atoms with E-state index < -0.39 is 0 Å². The molecule has 0 saturated heterocycles. The van der Waals surface area contributed by atoms with Crippen LogP contribution in [0.4, 0.5) is 5.69 Å². The number of anilines is 1. The van der Waals surface area contributed by atoms with Gasteiger partial charge in [0.1, 0.15) is 0 Å². The summed E-state index contributed by atoms with van der Waals surface area (Å²) in [5, 5.41) is 1.87. The van der Waals surface area contributed by atoms with Crippen LogP contribution < -0.4 is 10.4 Å². The number of carbonyl (C=O) groups is 1. The molecule has 0 aliphatic heterocycles. The molecule has 1 saturated carbocycles. The van der Waals surface area contributed by atoms with Gasteiger partial charge < -0.3 is 0 Å². The summed E-state index contributed by atoms with van der Waals surface area (Å²) in [4.78, 5) is 12.6. The van der Waals surface area contributed by atoms with Crippen molar-refractivity contribution in [3.05, 3.63) is 115 Å². The van der Waals surface area contributed by atoms with Gasteiger partial charge in [-0.05, 0) is 43.5 Å². The second-order valence-corrected chi connectivity index (χ2v) is 6.62. The lowest BCUT2D eigenvalue weighted by Gasteiger charge is -2.26. The monoisotopic (exact) mass is 370 g/mol. The van der Waals surface area contributed by atoms with Crippen molar-refractivity contribution in [1.29, 1.82) is 0 Å². The van der Waals surface area contributed by atoms with E-state index in [-0.39, 0.29) is 11.8 Å². The van der Waals surface area contributed by atoms with E-state index in [0.717, 1.165) is 30.6 Å². The van der Waals surface area contributed by atoms with E-state index in [1.807, 2.05) is 102 Å². The first-order valence-corrected chi connectivity index (χ1v) is 9.70. The van der Waals surface area contributed by atoms with Gasteiger partial charge in [0.25, 0.3) is 0 Å². The number of carbonyl (C=O) groups excluding carboxylic acids is 1. The summed E-state index contributed by atoms with van der Waals surface area (Å²) < 4.78 is 0. The first kappa shape index (κ1) is 19.4. The predicted molar refractivity (Wildman–Crippen MR) is 117 cm³/mol. The summed E-state index contributed by atoms with van der Waals surface area (Å²) in [5.41, 5.74) is 4.89. The van der Waals surface area contributed by atoms with E-state index in [2.05, 4.69) is 17.6 Å². The van der Waals surface area contributed by atoms with E-state index >= 15 is 0 Å². The fourth-order valence-corrected chi connectivity index (χ4v) is 2.63. The highest BCUT2D eigenvalue weighted by molar-refractivity contribution is 5.83. The number of allylic oxidation sites excluding steroid dienone is 9. The molecule has 1 fully saturated rings. The number of hydrogen-bond donors (Lipinski definition) is 1. The summed E-state index contributed by atoms with van der Waals surface area (Å²) >= 11 is 0. The Kier molecular flexibility index (Phi) is 7.45. The molecule has 2 aliphatic rings. The van der Waals surface area contributed by atoms with Gasteiger partial charge in [0, 0.05) is 5.92 Å². The number of rotatable bonds is 4. The van der Waals surface area contributed by atoms with Crippen LogP contribution >= 0.6 is 0 Å². The number of amides is 1. The molecule has 3 rings (SSSR count). The molecule has 0 bridgehead atoms. The third kappa shape index (κ3) is 6.44. The van der Waals surface area contributed by atoms with Crippen LogP contribution in [0.25, 0.3) is 0 Å². The van der Waals surface area contributed by atoms with Crippen LogP contribution in [0.1, 0.15) is 19.3 Å². The summed E-state index contributed by atoms with van der Waals surface area (Å²) in [6, 6.07) is 17.8. The van der Waals surface area contributed by atoms with Crippen molar-refractivity contribution >= 4 is 11.6 Å². The fraction of sp³-hybridized carbons (Fsp3) is 0.160. The average Bonchev–Trinajstić information content (AvgIpc) is 3.55. The lowest BCUT2D eigenvalue weighted by Crippen LogP contribution is -2.42. The van der Waals surface area contributed by atoms with Crippen molar-refractivity contribution < 1.29 is 4.79 Å². The van der Waals surface area contributed by atoms with Crippen molar-refractivity contribution in [2.45, 2.75) is 19.3 Å². The summed E-state index contributed by atoms with van der Waals surface area (Å²) in [6.45, 7) is 0. The molecule has 0 aromatic heterocycles. The molecule has 1 amide bonds. The molecule has 0 spiro atoms. The zero-order valence-corrected chi connectivity index (χ0v) is 15.9. The number of hydrazine groups is 1. The molecule has 1 aromatic carbocycles. The Balaban J connectivity index is 2.01. The minimum Gasteiger partial charge on any atom is -0.273 e. The molecule has 28 heavy (non-hydrogen) atoms. The van der Waals surface area contributed by atoms with Gasteiger partial charge in [-0.25, -0.2) is 0 Å². The molecular weight excluding hydrogens is 344 g/mol. The predicted octanol–water partition coefficient (Wildman–Crippen LogP) is 5.57. The lowest BCUT2D eigenvalue weighted by atomic mass is 10.2. The van der Waals surface area contributed by atoms with Crippen LogP contribution in [-0.2, 0) is 4.79 Å². The average molecular weight is 370 g/mol. The summed E-state index contributed by atoms with van der Waals surface area (Å²) in [5.74, 6) is 0.192. The molecule has 0 unspecified atom stereocenters. The number of hydrogen-bond acceptors (Lipinski definition) is 2.